The van der Waals surface area contributed by atoms with Crippen molar-refractivity contribution in [2.75, 3.05) is 0 Å². The van der Waals surface area contributed by atoms with E-state index < -0.39 is 0 Å². The maximum absolute atomic E-state index is 4.49. The fraction of sp³-hybridized carbons (Fsp3) is 0.375. The molecule has 0 aromatic carbocycles. The van der Waals surface area contributed by atoms with Crippen molar-refractivity contribution >= 4 is 11.0 Å². The molecule has 20 heavy (non-hydrogen) atoms. The first-order chi connectivity index (χ1) is 9.75. The molecule has 3 heterocycles. The maximum Gasteiger partial charge on any atom is 0.0887 e. The summed E-state index contributed by atoms with van der Waals surface area (Å²) in [4.78, 5) is 4.49. The summed E-state index contributed by atoms with van der Waals surface area (Å²) >= 11 is 0. The van der Waals surface area contributed by atoms with Gasteiger partial charge in [-0.25, -0.2) is 0 Å². The van der Waals surface area contributed by atoms with Crippen molar-refractivity contribution in [3.8, 4) is 11.3 Å². The minimum Gasteiger partial charge on any atom is -0.337 e. The van der Waals surface area contributed by atoms with E-state index in [1.165, 1.54) is 35.3 Å². The molecule has 0 spiro atoms. The van der Waals surface area contributed by atoms with Crippen molar-refractivity contribution in [3.05, 3.63) is 36.3 Å². The van der Waals surface area contributed by atoms with Gasteiger partial charge in [0.15, 0.2) is 0 Å². The number of hydrogen-bond acceptors (Lipinski definition) is 2. The first-order valence-corrected chi connectivity index (χ1v) is 7.25. The second-order valence-corrected chi connectivity index (χ2v) is 5.87. The Bertz CT molecular complexity index is 762. The monoisotopic (exact) mass is 266 g/mol. The number of H-pyrrole nitrogens is 1. The minimum absolute atomic E-state index is 0.397. The van der Waals surface area contributed by atoms with Gasteiger partial charge in [-0.05, 0) is 44.9 Å². The van der Waals surface area contributed by atoms with Crippen LogP contribution in [0.3, 0.4) is 0 Å². The Labute approximate surface area is 117 Å². The van der Waals surface area contributed by atoms with Crippen molar-refractivity contribution in [2.45, 2.75) is 38.6 Å². The number of nitrogens with one attached hydrogen (secondary N) is 1. The summed E-state index contributed by atoms with van der Waals surface area (Å²) in [6.07, 6.45) is 6.36. The van der Waals surface area contributed by atoms with Crippen molar-refractivity contribution < 1.29 is 0 Å². The van der Waals surface area contributed by atoms with Crippen LogP contribution in [-0.4, -0.2) is 19.7 Å². The topological polar surface area (TPSA) is 46.5 Å². The number of fused-ring (bicyclic) bond motifs is 1. The second-order valence-electron chi connectivity index (χ2n) is 5.87. The van der Waals surface area contributed by atoms with Crippen LogP contribution >= 0.6 is 0 Å². The predicted octanol–water partition coefficient (Wildman–Crippen LogP) is 3.88. The molecule has 102 valence electrons. The van der Waals surface area contributed by atoms with Crippen LogP contribution < -0.4 is 0 Å². The third-order valence-electron chi connectivity index (χ3n) is 4.06. The molecule has 1 N–H and O–H groups in total. The van der Waals surface area contributed by atoms with Gasteiger partial charge < -0.3 is 4.57 Å². The molecule has 4 rings (SSSR count). The zero-order valence-corrected chi connectivity index (χ0v) is 11.8. The van der Waals surface area contributed by atoms with Crippen LogP contribution in [0.4, 0.5) is 0 Å². The summed E-state index contributed by atoms with van der Waals surface area (Å²) in [6.45, 7) is 4.43. The molecule has 1 fully saturated rings. The third-order valence-corrected chi connectivity index (χ3v) is 4.06. The van der Waals surface area contributed by atoms with Crippen molar-refractivity contribution in [3.63, 3.8) is 0 Å². The molecule has 4 heteroatoms. The predicted molar refractivity (Wildman–Crippen MR) is 79.7 cm³/mol. The van der Waals surface area contributed by atoms with Gasteiger partial charge in [0.05, 0.1) is 22.9 Å². The second kappa shape index (κ2) is 4.20. The summed E-state index contributed by atoms with van der Waals surface area (Å²) in [5.41, 5.74) is 6.00. The number of nitrogens with zero attached hydrogens (tertiary/aromatic N) is 3. The first-order valence-electron chi connectivity index (χ1n) is 7.25. The van der Waals surface area contributed by atoms with Crippen LogP contribution in [0.1, 0.15) is 44.3 Å². The standard InChI is InChI=1S/C16H18N4/c1-10(2)20-14-4-3-7-17-13(14)8-15(20)12-9-18-19-16(12)11-5-6-11/h3-4,7-11H,5-6H2,1-2H3,(H,18,19). The molecule has 0 bridgehead atoms. The first kappa shape index (κ1) is 11.7. The van der Waals surface area contributed by atoms with Gasteiger partial charge in [-0.3, -0.25) is 10.1 Å². The zero-order chi connectivity index (χ0) is 13.7. The van der Waals surface area contributed by atoms with Gasteiger partial charge in [0.25, 0.3) is 0 Å². The fourth-order valence-electron chi connectivity index (χ4n) is 3.00. The Morgan fingerprint density at radius 3 is 2.95 bits per heavy atom. The molecule has 1 saturated carbocycles. The van der Waals surface area contributed by atoms with Crippen LogP contribution in [0.5, 0.6) is 0 Å². The highest BCUT2D eigenvalue weighted by Gasteiger charge is 2.29. The molecule has 3 aromatic heterocycles. The molecule has 0 saturated heterocycles. The summed E-state index contributed by atoms with van der Waals surface area (Å²) in [6, 6.07) is 6.73. The van der Waals surface area contributed by atoms with Gasteiger partial charge in [0, 0.05) is 29.4 Å². The Morgan fingerprint density at radius 2 is 2.20 bits per heavy atom. The largest absolute Gasteiger partial charge is 0.337 e. The minimum atomic E-state index is 0.397. The van der Waals surface area contributed by atoms with Gasteiger partial charge in [-0.2, -0.15) is 5.10 Å². The highest BCUT2D eigenvalue weighted by atomic mass is 15.1. The molecule has 1 aliphatic carbocycles. The molecule has 4 nitrogen and oxygen atoms in total. The lowest BCUT2D eigenvalue weighted by Crippen LogP contribution is -2.03. The lowest BCUT2D eigenvalue weighted by molar-refractivity contribution is 0.628. The van der Waals surface area contributed by atoms with Crippen molar-refractivity contribution in [2.24, 2.45) is 0 Å². The Balaban J connectivity index is 1.98. The highest BCUT2D eigenvalue weighted by molar-refractivity contribution is 5.84. The van der Waals surface area contributed by atoms with E-state index in [1.54, 1.807) is 0 Å². The molecular weight excluding hydrogens is 248 g/mol. The van der Waals surface area contributed by atoms with Crippen molar-refractivity contribution in [1.29, 1.82) is 0 Å². The van der Waals surface area contributed by atoms with Crippen LogP contribution in [-0.2, 0) is 0 Å². The number of aromatic amines is 1. The molecule has 3 aromatic rings. The molecule has 0 amide bonds. The number of pyridine rings is 1. The van der Waals surface area contributed by atoms with Crippen LogP contribution in [0.15, 0.2) is 30.6 Å². The maximum atomic E-state index is 4.49. The normalized spacial score (nSPS) is 15.3. The van der Waals surface area contributed by atoms with Gasteiger partial charge in [-0.1, -0.05) is 0 Å². The molecule has 0 aliphatic heterocycles. The van der Waals surface area contributed by atoms with Gasteiger partial charge in [0.1, 0.15) is 0 Å². The molecule has 0 unspecified atom stereocenters. The van der Waals surface area contributed by atoms with Gasteiger partial charge in [0.2, 0.25) is 0 Å². The SMILES string of the molecule is CC(C)n1c(-c2cn[nH]c2C2CC2)cc2ncccc21. The van der Waals surface area contributed by atoms with E-state index in [4.69, 9.17) is 0 Å². The third kappa shape index (κ3) is 1.68. The van der Waals surface area contributed by atoms with Crippen LogP contribution in [0.2, 0.25) is 0 Å². The van der Waals surface area contributed by atoms with Crippen molar-refractivity contribution in [1.82, 2.24) is 19.7 Å². The van der Waals surface area contributed by atoms with E-state index in [9.17, 15) is 0 Å². The average molecular weight is 266 g/mol. The van der Waals surface area contributed by atoms with E-state index in [0.29, 0.717) is 12.0 Å². The number of hydrogen-bond donors (Lipinski definition) is 1. The summed E-state index contributed by atoms with van der Waals surface area (Å²) < 4.78 is 2.36. The Morgan fingerprint density at radius 1 is 1.35 bits per heavy atom. The summed E-state index contributed by atoms with van der Waals surface area (Å²) in [7, 11) is 0. The summed E-state index contributed by atoms with van der Waals surface area (Å²) in [5.74, 6) is 0.666. The van der Waals surface area contributed by atoms with E-state index >= 15 is 0 Å². The molecule has 1 aliphatic rings. The quantitative estimate of drug-likeness (QED) is 0.781. The smallest absolute Gasteiger partial charge is 0.0887 e. The molecule has 0 radical (unpaired) electrons. The number of rotatable bonds is 3. The van der Waals surface area contributed by atoms with E-state index in [1.807, 2.05) is 18.5 Å². The van der Waals surface area contributed by atoms with E-state index in [2.05, 4.69) is 45.7 Å². The lowest BCUT2D eigenvalue weighted by atomic mass is 10.1. The van der Waals surface area contributed by atoms with E-state index in [0.717, 1.165) is 5.52 Å². The molecular formula is C16H18N4. The van der Waals surface area contributed by atoms with Gasteiger partial charge >= 0.3 is 0 Å². The highest BCUT2D eigenvalue weighted by Crippen LogP contribution is 2.44. The summed E-state index contributed by atoms with van der Waals surface area (Å²) in [5, 5.41) is 7.46. The lowest BCUT2D eigenvalue weighted by Gasteiger charge is -2.14. The van der Waals surface area contributed by atoms with Crippen LogP contribution in [0, 0.1) is 0 Å². The zero-order valence-electron chi connectivity index (χ0n) is 11.8. The molecule has 0 atom stereocenters. The van der Waals surface area contributed by atoms with Crippen LogP contribution in [0.25, 0.3) is 22.3 Å². The average Bonchev–Trinajstić information content (AvgIpc) is 3.04. The Hall–Kier alpha value is -2.10. The van der Waals surface area contributed by atoms with Gasteiger partial charge in [-0.15, -0.1) is 0 Å². The fourth-order valence-corrected chi connectivity index (χ4v) is 3.00. The number of aromatic nitrogens is 4. The Kier molecular flexibility index (Phi) is 2.46. The van der Waals surface area contributed by atoms with E-state index in [-0.39, 0.29) is 0 Å².